The van der Waals surface area contributed by atoms with Gasteiger partial charge in [-0.05, 0) is 25.7 Å². The van der Waals surface area contributed by atoms with E-state index in [4.69, 9.17) is 5.73 Å². The number of aryl methyl sites for hydroxylation is 1. The van der Waals surface area contributed by atoms with Crippen LogP contribution in [0.2, 0.25) is 0 Å². The summed E-state index contributed by atoms with van der Waals surface area (Å²) < 4.78 is 2.30. The summed E-state index contributed by atoms with van der Waals surface area (Å²) in [4.78, 5) is 4.18. The molecule has 0 radical (unpaired) electrons. The van der Waals surface area contributed by atoms with Crippen LogP contribution in [0.3, 0.4) is 0 Å². The van der Waals surface area contributed by atoms with E-state index in [0.29, 0.717) is 12.1 Å². The first-order chi connectivity index (χ1) is 6.31. The van der Waals surface area contributed by atoms with Gasteiger partial charge in [-0.3, -0.25) is 0 Å². The minimum Gasteiger partial charge on any atom is -0.332 e. The molecular weight excluding hydrogens is 162 g/mol. The molecule has 0 spiro atoms. The van der Waals surface area contributed by atoms with Gasteiger partial charge in [-0.25, -0.2) is 4.98 Å². The maximum absolute atomic E-state index is 5.89. The molecule has 3 heteroatoms. The van der Waals surface area contributed by atoms with Crippen molar-refractivity contribution in [2.24, 2.45) is 5.73 Å². The highest BCUT2D eigenvalue weighted by atomic mass is 15.1. The van der Waals surface area contributed by atoms with Gasteiger partial charge in [0.05, 0.1) is 6.33 Å². The maximum Gasteiger partial charge on any atom is 0.0950 e. The molecule has 2 atom stereocenters. The monoisotopic (exact) mass is 179 g/mol. The third-order valence-electron chi connectivity index (χ3n) is 2.95. The summed E-state index contributed by atoms with van der Waals surface area (Å²) in [6.45, 7) is 2.17. The van der Waals surface area contributed by atoms with Crippen molar-refractivity contribution in [1.29, 1.82) is 0 Å². The Morgan fingerprint density at radius 3 is 3.08 bits per heavy atom. The van der Waals surface area contributed by atoms with Crippen molar-refractivity contribution in [3.05, 3.63) is 18.2 Å². The molecule has 1 aromatic rings. The first kappa shape index (κ1) is 8.75. The zero-order valence-electron chi connectivity index (χ0n) is 8.11. The normalized spacial score (nSPS) is 28.2. The Kier molecular flexibility index (Phi) is 2.36. The number of nitrogens with two attached hydrogens (primary N) is 1. The topological polar surface area (TPSA) is 43.8 Å². The molecular formula is C10H17N3. The van der Waals surface area contributed by atoms with Crippen molar-refractivity contribution in [3.8, 4) is 0 Å². The van der Waals surface area contributed by atoms with Gasteiger partial charge in [-0.1, -0.05) is 6.92 Å². The molecule has 0 saturated heterocycles. The first-order valence-electron chi connectivity index (χ1n) is 5.07. The molecule has 1 heterocycles. The van der Waals surface area contributed by atoms with Crippen molar-refractivity contribution < 1.29 is 0 Å². The lowest BCUT2D eigenvalue weighted by atomic mass is 10.2. The van der Waals surface area contributed by atoms with Crippen LogP contribution >= 0.6 is 0 Å². The Bertz CT molecular complexity index is 279. The predicted octanol–water partition coefficient (Wildman–Crippen LogP) is 1.50. The van der Waals surface area contributed by atoms with Gasteiger partial charge in [0, 0.05) is 24.0 Å². The molecule has 3 nitrogen and oxygen atoms in total. The van der Waals surface area contributed by atoms with E-state index in [1.54, 1.807) is 0 Å². The summed E-state index contributed by atoms with van der Waals surface area (Å²) in [6, 6.07) is 1.00. The highest BCUT2D eigenvalue weighted by Crippen LogP contribution is 2.29. The Hall–Kier alpha value is -0.830. The summed E-state index contributed by atoms with van der Waals surface area (Å²) in [5.41, 5.74) is 7.22. The maximum atomic E-state index is 5.89. The Labute approximate surface area is 79.0 Å². The molecule has 1 aliphatic rings. The van der Waals surface area contributed by atoms with Gasteiger partial charge in [-0.2, -0.15) is 0 Å². The SMILES string of the molecule is CCc1cncn1C1CCC(N)C1. The molecule has 1 aromatic heterocycles. The van der Waals surface area contributed by atoms with Crippen LogP contribution in [0.15, 0.2) is 12.5 Å². The molecule has 1 aliphatic carbocycles. The van der Waals surface area contributed by atoms with Crippen molar-refractivity contribution in [1.82, 2.24) is 9.55 Å². The standard InChI is InChI=1S/C10H17N3/c1-2-9-6-12-7-13(9)10-4-3-8(11)5-10/h6-8,10H,2-5,11H2,1H3. The van der Waals surface area contributed by atoms with Gasteiger partial charge in [0.15, 0.2) is 0 Å². The summed E-state index contributed by atoms with van der Waals surface area (Å²) in [7, 11) is 0. The lowest BCUT2D eigenvalue weighted by molar-refractivity contribution is 0.494. The molecule has 1 fully saturated rings. The fourth-order valence-electron chi connectivity index (χ4n) is 2.18. The summed E-state index contributed by atoms with van der Waals surface area (Å²) in [6.07, 6.45) is 8.46. The van der Waals surface area contributed by atoms with Crippen molar-refractivity contribution >= 4 is 0 Å². The van der Waals surface area contributed by atoms with Crippen LogP contribution in [0, 0.1) is 0 Å². The van der Waals surface area contributed by atoms with E-state index in [1.165, 1.54) is 12.1 Å². The van der Waals surface area contributed by atoms with E-state index < -0.39 is 0 Å². The Morgan fingerprint density at radius 2 is 2.46 bits per heavy atom. The third-order valence-corrected chi connectivity index (χ3v) is 2.95. The molecule has 2 unspecified atom stereocenters. The fraction of sp³-hybridized carbons (Fsp3) is 0.700. The second kappa shape index (κ2) is 3.50. The van der Waals surface area contributed by atoms with E-state index >= 15 is 0 Å². The van der Waals surface area contributed by atoms with E-state index in [9.17, 15) is 0 Å². The van der Waals surface area contributed by atoms with E-state index in [-0.39, 0.29) is 0 Å². The van der Waals surface area contributed by atoms with Crippen LogP contribution in [-0.4, -0.2) is 15.6 Å². The second-order valence-electron chi connectivity index (χ2n) is 3.87. The van der Waals surface area contributed by atoms with Crippen LogP contribution in [0.4, 0.5) is 0 Å². The fourth-order valence-corrected chi connectivity index (χ4v) is 2.18. The zero-order chi connectivity index (χ0) is 9.26. The largest absolute Gasteiger partial charge is 0.332 e. The van der Waals surface area contributed by atoms with Crippen LogP contribution < -0.4 is 5.73 Å². The van der Waals surface area contributed by atoms with Crippen molar-refractivity contribution in [2.75, 3.05) is 0 Å². The van der Waals surface area contributed by atoms with Crippen molar-refractivity contribution in [2.45, 2.75) is 44.7 Å². The van der Waals surface area contributed by atoms with Gasteiger partial charge in [-0.15, -0.1) is 0 Å². The molecule has 1 saturated carbocycles. The number of rotatable bonds is 2. The number of aromatic nitrogens is 2. The van der Waals surface area contributed by atoms with E-state index in [2.05, 4.69) is 16.5 Å². The lowest BCUT2D eigenvalue weighted by Gasteiger charge is -2.14. The van der Waals surface area contributed by atoms with Gasteiger partial charge < -0.3 is 10.3 Å². The van der Waals surface area contributed by atoms with E-state index in [1.807, 2.05) is 12.5 Å². The highest BCUT2D eigenvalue weighted by Gasteiger charge is 2.23. The summed E-state index contributed by atoms with van der Waals surface area (Å²) >= 11 is 0. The molecule has 2 N–H and O–H groups in total. The van der Waals surface area contributed by atoms with Gasteiger partial charge in [0.2, 0.25) is 0 Å². The zero-order valence-corrected chi connectivity index (χ0v) is 8.11. The summed E-state index contributed by atoms with van der Waals surface area (Å²) in [5.74, 6) is 0. The molecule has 0 aromatic carbocycles. The molecule has 2 rings (SSSR count). The number of hydrogen-bond acceptors (Lipinski definition) is 2. The highest BCUT2D eigenvalue weighted by molar-refractivity contribution is 5.01. The molecule has 0 amide bonds. The van der Waals surface area contributed by atoms with Gasteiger partial charge in [0.1, 0.15) is 0 Å². The lowest BCUT2D eigenvalue weighted by Crippen LogP contribution is -2.16. The quantitative estimate of drug-likeness (QED) is 0.747. The minimum absolute atomic E-state index is 0.400. The van der Waals surface area contributed by atoms with Gasteiger partial charge >= 0.3 is 0 Å². The number of imidazole rings is 1. The summed E-state index contributed by atoms with van der Waals surface area (Å²) in [5, 5.41) is 0. The Balaban J connectivity index is 2.16. The number of nitrogens with zero attached hydrogens (tertiary/aromatic N) is 2. The van der Waals surface area contributed by atoms with Gasteiger partial charge in [0.25, 0.3) is 0 Å². The minimum atomic E-state index is 0.400. The van der Waals surface area contributed by atoms with Crippen LogP contribution in [0.1, 0.15) is 37.9 Å². The Morgan fingerprint density at radius 1 is 1.62 bits per heavy atom. The molecule has 0 aliphatic heterocycles. The average molecular weight is 179 g/mol. The van der Waals surface area contributed by atoms with Crippen LogP contribution in [0.5, 0.6) is 0 Å². The molecule has 13 heavy (non-hydrogen) atoms. The smallest absolute Gasteiger partial charge is 0.0950 e. The second-order valence-corrected chi connectivity index (χ2v) is 3.87. The number of hydrogen-bond donors (Lipinski definition) is 1. The first-order valence-corrected chi connectivity index (χ1v) is 5.07. The third kappa shape index (κ3) is 1.61. The predicted molar refractivity (Wildman–Crippen MR) is 52.5 cm³/mol. The van der Waals surface area contributed by atoms with E-state index in [0.717, 1.165) is 19.3 Å². The molecule has 0 bridgehead atoms. The van der Waals surface area contributed by atoms with Crippen LogP contribution in [-0.2, 0) is 6.42 Å². The average Bonchev–Trinajstić information content (AvgIpc) is 2.71. The van der Waals surface area contributed by atoms with Crippen LogP contribution in [0.25, 0.3) is 0 Å². The molecule has 72 valence electrons. The van der Waals surface area contributed by atoms with Crippen molar-refractivity contribution in [3.63, 3.8) is 0 Å².